The van der Waals surface area contributed by atoms with Gasteiger partial charge in [-0.1, -0.05) is 54.6 Å². The van der Waals surface area contributed by atoms with Crippen LogP contribution in [0.25, 0.3) is 0 Å². The SMILES string of the molecule is FC(F)(F)C(F)(F)C(F)(F)C(F)(F)F.c1ccc([S+](c2ccccc2)c2ccccc2)cc1. The molecule has 0 nitrogen and oxygen atoms in total. The van der Waals surface area contributed by atoms with Crippen molar-refractivity contribution in [3.8, 4) is 0 Å². The van der Waals surface area contributed by atoms with E-state index in [2.05, 4.69) is 91.0 Å². The Labute approximate surface area is 185 Å². The Hall–Kier alpha value is -2.69. The molecule has 178 valence electrons. The summed E-state index contributed by atoms with van der Waals surface area (Å²) in [5.41, 5.74) is 0. The first-order chi connectivity index (χ1) is 15.2. The van der Waals surface area contributed by atoms with Crippen LogP contribution in [0.15, 0.2) is 106 Å². The zero-order valence-corrected chi connectivity index (χ0v) is 17.2. The molecule has 0 atom stereocenters. The molecule has 0 aliphatic rings. The van der Waals surface area contributed by atoms with Crippen LogP contribution >= 0.6 is 0 Å². The summed E-state index contributed by atoms with van der Waals surface area (Å²) in [6.45, 7) is 0. The fourth-order valence-electron chi connectivity index (χ4n) is 2.43. The molecule has 0 amide bonds. The predicted octanol–water partition coefficient (Wildman–Crippen LogP) is 8.16. The maximum absolute atomic E-state index is 11.6. The van der Waals surface area contributed by atoms with Crippen LogP contribution in [0.4, 0.5) is 43.9 Å². The average molecular weight is 501 g/mol. The lowest BCUT2D eigenvalue weighted by Crippen LogP contribution is -2.59. The van der Waals surface area contributed by atoms with Crippen molar-refractivity contribution in [2.45, 2.75) is 38.9 Å². The summed E-state index contributed by atoms with van der Waals surface area (Å²) in [4.78, 5) is 4.08. The van der Waals surface area contributed by atoms with Gasteiger partial charge >= 0.3 is 24.2 Å². The van der Waals surface area contributed by atoms with E-state index in [4.69, 9.17) is 0 Å². The van der Waals surface area contributed by atoms with Crippen LogP contribution in [0.5, 0.6) is 0 Å². The van der Waals surface area contributed by atoms with Crippen LogP contribution in [-0.2, 0) is 10.9 Å². The zero-order valence-electron chi connectivity index (χ0n) is 16.3. The number of hydrogen-bond donors (Lipinski definition) is 0. The molecule has 0 radical (unpaired) electrons. The van der Waals surface area contributed by atoms with E-state index in [-0.39, 0.29) is 10.9 Å². The molecule has 0 N–H and O–H groups in total. The molecule has 0 aromatic heterocycles. The molecule has 3 rings (SSSR count). The third-order valence-electron chi connectivity index (χ3n) is 4.04. The topological polar surface area (TPSA) is 0 Å². The molecular weight excluding hydrogens is 486 g/mol. The van der Waals surface area contributed by atoms with Crippen molar-refractivity contribution in [1.82, 2.24) is 0 Å². The summed E-state index contributed by atoms with van der Waals surface area (Å²) in [6.07, 6.45) is -13.9. The first-order valence-corrected chi connectivity index (χ1v) is 10.2. The maximum atomic E-state index is 11.6. The number of hydrogen-bond acceptors (Lipinski definition) is 0. The molecule has 0 fully saturated rings. The number of halogens is 10. The minimum Gasteiger partial charge on any atom is -0.189 e. The molecule has 0 unspecified atom stereocenters. The van der Waals surface area contributed by atoms with Gasteiger partial charge in [-0.05, 0) is 36.4 Å². The Morgan fingerprint density at radius 3 is 0.758 bits per heavy atom. The van der Waals surface area contributed by atoms with Gasteiger partial charge in [0.05, 0.1) is 10.9 Å². The summed E-state index contributed by atoms with van der Waals surface area (Å²) in [5, 5.41) is 0. The monoisotopic (exact) mass is 501 g/mol. The van der Waals surface area contributed by atoms with Crippen molar-refractivity contribution in [1.29, 1.82) is 0 Å². The van der Waals surface area contributed by atoms with Gasteiger partial charge in [0.25, 0.3) is 0 Å². The van der Waals surface area contributed by atoms with Crippen LogP contribution in [0.2, 0.25) is 0 Å². The Balaban J connectivity index is 0.000000248. The summed E-state index contributed by atoms with van der Waals surface area (Å²) in [5.74, 6) is -14.3. The quantitative estimate of drug-likeness (QED) is 0.250. The highest BCUT2D eigenvalue weighted by Crippen LogP contribution is 2.53. The number of benzene rings is 3. The summed E-state index contributed by atoms with van der Waals surface area (Å²) >= 11 is 0. The fourth-order valence-corrected chi connectivity index (χ4v) is 4.54. The van der Waals surface area contributed by atoms with E-state index in [1.807, 2.05) is 0 Å². The largest absolute Gasteiger partial charge is 0.460 e. The van der Waals surface area contributed by atoms with Crippen LogP contribution < -0.4 is 0 Å². The second kappa shape index (κ2) is 10.1. The first kappa shape index (κ1) is 26.6. The minimum absolute atomic E-state index is 0.0146. The highest BCUT2D eigenvalue weighted by Gasteiger charge is 2.82. The standard InChI is InChI=1S/C18H15S.C4F10/c1-4-10-16(11-5-1)19(17-12-6-2-7-13-17)18-14-8-3-9-15-18;5-1(6,3(9,10)11)2(7,8)4(12,13)14/h1-15H;/q+1;. The zero-order chi connectivity index (χ0) is 24.9. The van der Waals surface area contributed by atoms with Gasteiger partial charge in [0.2, 0.25) is 0 Å². The van der Waals surface area contributed by atoms with Gasteiger partial charge in [0.15, 0.2) is 14.7 Å². The average Bonchev–Trinajstić information content (AvgIpc) is 2.75. The van der Waals surface area contributed by atoms with Crippen molar-refractivity contribution >= 4 is 10.9 Å². The second-order valence-corrected chi connectivity index (χ2v) is 8.42. The van der Waals surface area contributed by atoms with Crippen LogP contribution in [0.3, 0.4) is 0 Å². The lowest BCUT2D eigenvalue weighted by Gasteiger charge is -2.29. The van der Waals surface area contributed by atoms with Gasteiger partial charge in [-0.25, -0.2) is 0 Å². The fraction of sp³-hybridized carbons (Fsp3) is 0.182. The lowest BCUT2D eigenvalue weighted by atomic mass is 10.1. The molecule has 0 bridgehead atoms. The van der Waals surface area contributed by atoms with Crippen molar-refractivity contribution in [2.75, 3.05) is 0 Å². The maximum Gasteiger partial charge on any atom is 0.460 e. The number of alkyl halides is 10. The Morgan fingerprint density at radius 1 is 0.364 bits per heavy atom. The van der Waals surface area contributed by atoms with E-state index in [1.54, 1.807) is 0 Å². The van der Waals surface area contributed by atoms with Crippen LogP contribution in [0, 0.1) is 0 Å². The molecule has 0 aliphatic heterocycles. The van der Waals surface area contributed by atoms with Gasteiger partial charge in [-0.15, -0.1) is 0 Å². The van der Waals surface area contributed by atoms with E-state index in [9.17, 15) is 43.9 Å². The predicted molar refractivity (Wildman–Crippen MR) is 103 cm³/mol. The smallest absolute Gasteiger partial charge is 0.189 e. The Morgan fingerprint density at radius 2 is 0.576 bits per heavy atom. The van der Waals surface area contributed by atoms with E-state index >= 15 is 0 Å². The van der Waals surface area contributed by atoms with Gasteiger partial charge < -0.3 is 0 Å². The van der Waals surface area contributed by atoms with Crippen molar-refractivity contribution in [3.63, 3.8) is 0 Å². The normalized spacial score (nSPS) is 12.8. The van der Waals surface area contributed by atoms with E-state index < -0.39 is 24.2 Å². The van der Waals surface area contributed by atoms with E-state index in [1.165, 1.54) is 14.7 Å². The molecule has 0 aliphatic carbocycles. The van der Waals surface area contributed by atoms with Crippen molar-refractivity contribution < 1.29 is 43.9 Å². The van der Waals surface area contributed by atoms with E-state index in [0.29, 0.717) is 0 Å². The molecule has 33 heavy (non-hydrogen) atoms. The van der Waals surface area contributed by atoms with Crippen molar-refractivity contribution in [3.05, 3.63) is 91.0 Å². The van der Waals surface area contributed by atoms with Crippen LogP contribution in [-0.4, -0.2) is 24.2 Å². The minimum atomic E-state index is -7.14. The molecule has 3 aromatic rings. The van der Waals surface area contributed by atoms with Crippen molar-refractivity contribution in [2.24, 2.45) is 0 Å². The molecule has 0 spiro atoms. The third-order valence-corrected chi connectivity index (χ3v) is 6.27. The molecule has 0 saturated carbocycles. The molecular formula is C22H15F10S+. The Bertz CT molecular complexity index is 867. The Kier molecular flexibility index (Phi) is 8.10. The van der Waals surface area contributed by atoms with Gasteiger partial charge in [0.1, 0.15) is 0 Å². The molecule has 11 heteroatoms. The summed E-state index contributed by atoms with van der Waals surface area (Å²) < 4.78 is 113. The van der Waals surface area contributed by atoms with Crippen LogP contribution in [0.1, 0.15) is 0 Å². The molecule has 0 heterocycles. The highest BCUT2D eigenvalue weighted by atomic mass is 32.2. The summed E-state index contributed by atoms with van der Waals surface area (Å²) in [6, 6.07) is 32.2. The van der Waals surface area contributed by atoms with Gasteiger partial charge in [-0.3, -0.25) is 0 Å². The van der Waals surface area contributed by atoms with Gasteiger partial charge in [-0.2, -0.15) is 43.9 Å². The van der Waals surface area contributed by atoms with Gasteiger partial charge in [0, 0.05) is 0 Å². The third kappa shape index (κ3) is 6.01. The van der Waals surface area contributed by atoms with E-state index in [0.717, 1.165) is 0 Å². The molecule has 0 saturated heterocycles. The highest BCUT2D eigenvalue weighted by molar-refractivity contribution is 7.97. The lowest BCUT2D eigenvalue weighted by molar-refractivity contribution is -0.419. The summed E-state index contributed by atoms with van der Waals surface area (Å²) in [7, 11) is -0.0146. The second-order valence-electron chi connectivity index (χ2n) is 6.39. The first-order valence-electron chi connectivity index (χ1n) is 8.98. The number of rotatable bonds is 4. The molecule has 3 aromatic carbocycles.